The minimum atomic E-state index is -0.339. The molecule has 6 rings (SSSR count). The van der Waals surface area contributed by atoms with Gasteiger partial charge in [0, 0.05) is 44.1 Å². The third-order valence-corrected chi connectivity index (χ3v) is 6.31. The molecule has 0 radical (unpaired) electrons. The van der Waals surface area contributed by atoms with Crippen molar-refractivity contribution in [2.45, 2.75) is 13.0 Å². The molecular formula is C25H23FN6O2. The quantitative estimate of drug-likeness (QED) is 0.485. The van der Waals surface area contributed by atoms with Gasteiger partial charge in [-0.1, -0.05) is 6.07 Å². The lowest BCUT2D eigenvalue weighted by atomic mass is 9.99. The van der Waals surface area contributed by atoms with E-state index in [0.717, 1.165) is 55.2 Å². The Morgan fingerprint density at radius 2 is 2.00 bits per heavy atom. The SMILES string of the molecule is O=C1NCc2c(-c3cnc4cc(F)ccn34)ccc(Nc3ccc(N4CCCOCC4)cn3)c21. The van der Waals surface area contributed by atoms with E-state index in [-0.39, 0.29) is 11.7 Å². The number of imidazole rings is 1. The van der Waals surface area contributed by atoms with Gasteiger partial charge in [0.25, 0.3) is 5.91 Å². The Balaban J connectivity index is 1.32. The van der Waals surface area contributed by atoms with Gasteiger partial charge in [0.1, 0.15) is 17.3 Å². The molecule has 9 heteroatoms. The smallest absolute Gasteiger partial charge is 0.254 e. The number of carbonyl (C=O) groups is 1. The number of hydrogen-bond acceptors (Lipinski definition) is 6. The standard InChI is InChI=1S/C25H23FN6O2/c26-16-6-8-32-21(15-28-23(32)12-16)18-3-4-20(24-19(18)14-29-25(24)33)30-22-5-2-17(13-27-22)31-7-1-10-34-11-9-31/h2-6,8,12-13,15H,1,7,9-11,14H2,(H,27,30)(H,29,33). The van der Waals surface area contributed by atoms with E-state index in [9.17, 15) is 9.18 Å². The zero-order valence-electron chi connectivity index (χ0n) is 18.4. The first kappa shape index (κ1) is 20.6. The summed E-state index contributed by atoms with van der Waals surface area (Å²) < 4.78 is 21.0. The minimum absolute atomic E-state index is 0.139. The molecule has 0 spiro atoms. The lowest BCUT2D eigenvalue weighted by molar-refractivity contribution is 0.0966. The van der Waals surface area contributed by atoms with E-state index in [4.69, 9.17) is 4.74 Å². The van der Waals surface area contributed by atoms with Gasteiger partial charge in [0.05, 0.1) is 41.6 Å². The lowest BCUT2D eigenvalue weighted by Crippen LogP contribution is -2.25. The van der Waals surface area contributed by atoms with Gasteiger partial charge in [0.15, 0.2) is 0 Å². The molecule has 0 bridgehead atoms. The van der Waals surface area contributed by atoms with Crippen LogP contribution in [0.4, 0.5) is 21.6 Å². The molecule has 1 fully saturated rings. The molecule has 5 heterocycles. The molecule has 3 aromatic heterocycles. The van der Waals surface area contributed by atoms with Crippen LogP contribution in [0.2, 0.25) is 0 Å². The molecule has 8 nitrogen and oxygen atoms in total. The number of halogens is 1. The number of hydrogen-bond donors (Lipinski definition) is 2. The number of ether oxygens (including phenoxy) is 1. The van der Waals surface area contributed by atoms with Gasteiger partial charge in [0.2, 0.25) is 0 Å². The van der Waals surface area contributed by atoms with Crippen molar-refractivity contribution in [1.29, 1.82) is 0 Å². The van der Waals surface area contributed by atoms with Crippen molar-refractivity contribution in [2.75, 3.05) is 36.5 Å². The summed E-state index contributed by atoms with van der Waals surface area (Å²) in [4.78, 5) is 23.9. The predicted octanol–water partition coefficient (Wildman–Crippen LogP) is 3.75. The molecule has 2 N–H and O–H groups in total. The zero-order valence-corrected chi connectivity index (χ0v) is 18.4. The fraction of sp³-hybridized carbons (Fsp3) is 0.240. The summed E-state index contributed by atoms with van der Waals surface area (Å²) in [6.45, 7) is 3.71. The number of pyridine rings is 2. The second kappa shape index (κ2) is 8.42. The van der Waals surface area contributed by atoms with Gasteiger partial charge in [-0.15, -0.1) is 0 Å². The largest absolute Gasteiger partial charge is 0.380 e. The average molecular weight is 458 g/mol. The summed E-state index contributed by atoms with van der Waals surface area (Å²) in [5.41, 5.74) is 5.41. The van der Waals surface area contributed by atoms with Crippen LogP contribution in [0.3, 0.4) is 0 Å². The Morgan fingerprint density at radius 3 is 2.88 bits per heavy atom. The Bertz CT molecular complexity index is 1380. The summed E-state index contributed by atoms with van der Waals surface area (Å²) in [5, 5.41) is 6.23. The highest BCUT2D eigenvalue weighted by Crippen LogP contribution is 2.35. The molecule has 1 aromatic carbocycles. The topological polar surface area (TPSA) is 83.8 Å². The molecule has 4 aromatic rings. The third kappa shape index (κ3) is 3.63. The highest BCUT2D eigenvalue weighted by molar-refractivity contribution is 6.06. The maximum atomic E-state index is 13.6. The maximum Gasteiger partial charge on any atom is 0.254 e. The summed E-state index contributed by atoms with van der Waals surface area (Å²) >= 11 is 0. The van der Waals surface area contributed by atoms with E-state index in [0.29, 0.717) is 29.3 Å². The number of carbonyl (C=O) groups excluding carboxylic acids is 1. The van der Waals surface area contributed by atoms with Gasteiger partial charge in [-0.25, -0.2) is 14.4 Å². The van der Waals surface area contributed by atoms with Gasteiger partial charge in [-0.05, 0) is 36.2 Å². The number of rotatable bonds is 4. The van der Waals surface area contributed by atoms with E-state index < -0.39 is 0 Å². The molecule has 34 heavy (non-hydrogen) atoms. The first-order chi connectivity index (χ1) is 16.7. The molecule has 0 atom stereocenters. The van der Waals surface area contributed by atoms with Crippen LogP contribution < -0.4 is 15.5 Å². The highest BCUT2D eigenvalue weighted by atomic mass is 19.1. The van der Waals surface area contributed by atoms with E-state index in [1.807, 2.05) is 34.9 Å². The molecule has 172 valence electrons. The van der Waals surface area contributed by atoms with Gasteiger partial charge >= 0.3 is 0 Å². The van der Waals surface area contributed by atoms with Crippen LogP contribution in [-0.2, 0) is 11.3 Å². The zero-order chi connectivity index (χ0) is 23.1. The minimum Gasteiger partial charge on any atom is -0.380 e. The molecule has 2 aliphatic heterocycles. The molecule has 2 aliphatic rings. The van der Waals surface area contributed by atoms with Crippen molar-refractivity contribution >= 4 is 28.7 Å². The van der Waals surface area contributed by atoms with E-state index >= 15 is 0 Å². The van der Waals surface area contributed by atoms with Crippen LogP contribution in [0.25, 0.3) is 16.9 Å². The number of aromatic nitrogens is 3. The van der Waals surface area contributed by atoms with E-state index in [1.54, 1.807) is 12.4 Å². The first-order valence-electron chi connectivity index (χ1n) is 11.3. The van der Waals surface area contributed by atoms with Crippen LogP contribution in [0.5, 0.6) is 0 Å². The molecule has 1 saturated heterocycles. The van der Waals surface area contributed by atoms with Crippen LogP contribution in [0, 0.1) is 5.82 Å². The molecule has 0 aliphatic carbocycles. The van der Waals surface area contributed by atoms with E-state index in [2.05, 4.69) is 25.5 Å². The van der Waals surface area contributed by atoms with Crippen LogP contribution in [0.1, 0.15) is 22.3 Å². The van der Waals surface area contributed by atoms with E-state index in [1.165, 1.54) is 12.1 Å². The molecule has 1 amide bonds. The Hall–Kier alpha value is -3.98. The van der Waals surface area contributed by atoms with Crippen molar-refractivity contribution in [1.82, 2.24) is 19.7 Å². The van der Waals surface area contributed by atoms with Crippen LogP contribution in [0.15, 0.2) is 55.0 Å². The summed E-state index contributed by atoms with van der Waals surface area (Å²) in [6, 6.07) is 10.6. The van der Waals surface area contributed by atoms with Crippen molar-refractivity contribution in [2.24, 2.45) is 0 Å². The Labute approximate surface area is 195 Å². The first-order valence-corrected chi connectivity index (χ1v) is 11.3. The lowest BCUT2D eigenvalue weighted by Gasteiger charge is -2.21. The molecule has 0 saturated carbocycles. The third-order valence-electron chi connectivity index (χ3n) is 6.31. The second-order valence-electron chi connectivity index (χ2n) is 8.39. The number of benzene rings is 1. The van der Waals surface area contributed by atoms with Gasteiger partial charge < -0.3 is 20.3 Å². The normalized spacial score (nSPS) is 15.8. The van der Waals surface area contributed by atoms with Crippen molar-refractivity contribution < 1.29 is 13.9 Å². The average Bonchev–Trinajstić information content (AvgIpc) is 3.33. The Kier molecular flexibility index (Phi) is 5.10. The summed E-state index contributed by atoms with van der Waals surface area (Å²) in [5.74, 6) is 0.184. The van der Waals surface area contributed by atoms with Crippen molar-refractivity contribution in [3.05, 3.63) is 71.9 Å². The molecular weight excluding hydrogens is 435 g/mol. The summed E-state index contributed by atoms with van der Waals surface area (Å²) in [6.07, 6.45) is 6.20. The number of amides is 1. The van der Waals surface area contributed by atoms with Crippen LogP contribution in [-0.4, -0.2) is 46.6 Å². The Morgan fingerprint density at radius 1 is 1.06 bits per heavy atom. The fourth-order valence-electron chi connectivity index (χ4n) is 4.64. The highest BCUT2D eigenvalue weighted by Gasteiger charge is 2.27. The predicted molar refractivity (Wildman–Crippen MR) is 127 cm³/mol. The summed E-state index contributed by atoms with van der Waals surface area (Å²) in [7, 11) is 0. The van der Waals surface area contributed by atoms with Gasteiger partial charge in [-0.3, -0.25) is 9.20 Å². The van der Waals surface area contributed by atoms with Crippen molar-refractivity contribution in [3.63, 3.8) is 0 Å². The number of anilines is 3. The molecule has 0 unspecified atom stereocenters. The fourth-order valence-corrected chi connectivity index (χ4v) is 4.64. The van der Waals surface area contributed by atoms with Gasteiger partial charge in [-0.2, -0.15) is 0 Å². The second-order valence-corrected chi connectivity index (χ2v) is 8.39. The number of nitrogens with one attached hydrogen (secondary N) is 2. The maximum absolute atomic E-state index is 13.6. The number of fused-ring (bicyclic) bond motifs is 2. The van der Waals surface area contributed by atoms with Crippen molar-refractivity contribution in [3.8, 4) is 11.3 Å². The monoisotopic (exact) mass is 458 g/mol. The van der Waals surface area contributed by atoms with Crippen LogP contribution >= 0.6 is 0 Å². The number of nitrogens with zero attached hydrogens (tertiary/aromatic N) is 4.